The third kappa shape index (κ3) is 4.50. The fourth-order valence-corrected chi connectivity index (χ4v) is 5.79. The number of nitrogens with zero attached hydrogens (tertiary/aromatic N) is 6. The molecule has 0 bridgehead atoms. The molecule has 0 aromatic carbocycles. The van der Waals surface area contributed by atoms with Crippen LogP contribution in [-0.4, -0.2) is 74.2 Å². The number of rotatable bonds is 5. The highest BCUT2D eigenvalue weighted by Gasteiger charge is 2.23. The molecule has 6 heterocycles. The number of aromatic amines is 2. The summed E-state index contributed by atoms with van der Waals surface area (Å²) in [6.45, 7) is 4.05. The second-order valence-corrected chi connectivity index (χ2v) is 10.7. The van der Waals surface area contributed by atoms with Crippen LogP contribution in [0.15, 0.2) is 48.9 Å². The van der Waals surface area contributed by atoms with Gasteiger partial charge in [-0.2, -0.15) is 5.10 Å². The molecule has 1 aliphatic heterocycles. The monoisotopic (exact) mass is 521 g/mol. The van der Waals surface area contributed by atoms with Gasteiger partial charge >= 0.3 is 0 Å². The molecule has 0 atom stereocenters. The molecule has 10 nitrogen and oxygen atoms in total. The molecule has 1 amide bonds. The van der Waals surface area contributed by atoms with Crippen molar-refractivity contribution in [2.24, 2.45) is 5.92 Å². The molecule has 39 heavy (non-hydrogen) atoms. The van der Waals surface area contributed by atoms with Crippen molar-refractivity contribution in [2.45, 2.75) is 25.7 Å². The van der Waals surface area contributed by atoms with Crippen LogP contribution < -0.4 is 10.2 Å². The summed E-state index contributed by atoms with van der Waals surface area (Å²) in [5, 5.41) is 11.9. The largest absolute Gasteiger partial charge is 0.368 e. The van der Waals surface area contributed by atoms with E-state index in [0.717, 1.165) is 96.6 Å². The number of carbonyl (C=O) groups excluding carboxylic acids is 1. The number of piperazine rings is 1. The first-order chi connectivity index (χ1) is 19.1. The minimum Gasteiger partial charge on any atom is -0.368 e. The zero-order valence-corrected chi connectivity index (χ0v) is 21.9. The van der Waals surface area contributed by atoms with Gasteiger partial charge in [0, 0.05) is 61.1 Å². The van der Waals surface area contributed by atoms with Gasteiger partial charge in [0.15, 0.2) is 0 Å². The molecular formula is C29H31N9O. The fourth-order valence-electron chi connectivity index (χ4n) is 5.79. The predicted octanol–water partition coefficient (Wildman–Crippen LogP) is 4.44. The Kier molecular flexibility index (Phi) is 5.96. The van der Waals surface area contributed by atoms with E-state index in [4.69, 9.17) is 4.98 Å². The Morgan fingerprint density at radius 1 is 1.05 bits per heavy atom. The van der Waals surface area contributed by atoms with Crippen molar-refractivity contribution < 1.29 is 4.79 Å². The first-order valence-electron chi connectivity index (χ1n) is 13.7. The van der Waals surface area contributed by atoms with E-state index in [9.17, 15) is 4.79 Å². The first-order valence-corrected chi connectivity index (χ1v) is 13.7. The summed E-state index contributed by atoms with van der Waals surface area (Å²) in [5.74, 6) is 0.175. The Morgan fingerprint density at radius 3 is 2.74 bits per heavy atom. The number of hydrogen-bond donors (Lipinski definition) is 3. The third-order valence-electron chi connectivity index (χ3n) is 8.04. The Balaban J connectivity index is 1.21. The van der Waals surface area contributed by atoms with Crippen LogP contribution in [0.5, 0.6) is 0 Å². The highest BCUT2D eigenvalue weighted by atomic mass is 16.1. The van der Waals surface area contributed by atoms with Gasteiger partial charge in [0.1, 0.15) is 16.9 Å². The van der Waals surface area contributed by atoms with Crippen LogP contribution in [0.2, 0.25) is 0 Å². The van der Waals surface area contributed by atoms with Crippen molar-refractivity contribution in [3.63, 3.8) is 0 Å². The van der Waals surface area contributed by atoms with Crippen LogP contribution in [0.4, 0.5) is 11.4 Å². The molecule has 3 N–H and O–H groups in total. The molecule has 1 saturated heterocycles. The topological polar surface area (TPSA) is 119 Å². The van der Waals surface area contributed by atoms with Gasteiger partial charge in [0.25, 0.3) is 0 Å². The molecule has 2 fully saturated rings. The summed E-state index contributed by atoms with van der Waals surface area (Å²) in [6, 6.07) is 10.1. The van der Waals surface area contributed by atoms with Gasteiger partial charge in [-0.1, -0.05) is 12.8 Å². The van der Waals surface area contributed by atoms with Crippen LogP contribution in [0.1, 0.15) is 25.7 Å². The summed E-state index contributed by atoms with van der Waals surface area (Å²) in [4.78, 5) is 34.8. The summed E-state index contributed by atoms with van der Waals surface area (Å²) in [7, 11) is 2.16. The number of pyridine rings is 3. The van der Waals surface area contributed by atoms with Crippen LogP contribution >= 0.6 is 0 Å². The quantitative estimate of drug-likeness (QED) is 0.313. The number of aromatic nitrogens is 6. The molecule has 1 saturated carbocycles. The summed E-state index contributed by atoms with van der Waals surface area (Å²) in [6.07, 6.45) is 9.48. The Hall–Kier alpha value is -4.31. The number of anilines is 2. The zero-order valence-electron chi connectivity index (χ0n) is 21.9. The van der Waals surface area contributed by atoms with Gasteiger partial charge in [-0.15, -0.1) is 0 Å². The van der Waals surface area contributed by atoms with Crippen molar-refractivity contribution >= 4 is 39.3 Å². The average Bonchev–Trinajstić information content (AvgIpc) is 3.73. The molecule has 5 aromatic rings. The lowest BCUT2D eigenvalue weighted by atomic mass is 10.1. The van der Waals surface area contributed by atoms with Gasteiger partial charge in [-0.05, 0) is 50.2 Å². The summed E-state index contributed by atoms with van der Waals surface area (Å²) >= 11 is 0. The fraction of sp³-hybridized carbons (Fsp3) is 0.345. The minimum atomic E-state index is 0.0790. The second-order valence-electron chi connectivity index (χ2n) is 10.7. The van der Waals surface area contributed by atoms with Crippen molar-refractivity contribution in [1.82, 2.24) is 35.0 Å². The maximum absolute atomic E-state index is 12.6. The van der Waals surface area contributed by atoms with Gasteiger partial charge in [-0.25, -0.2) is 9.97 Å². The maximum atomic E-state index is 12.6. The number of fused-ring (bicyclic) bond motifs is 2. The molecule has 10 heteroatoms. The molecule has 0 spiro atoms. The molecular weight excluding hydrogens is 490 g/mol. The van der Waals surface area contributed by atoms with Gasteiger partial charge in [-0.3, -0.25) is 14.9 Å². The van der Waals surface area contributed by atoms with Crippen molar-refractivity contribution in [3.05, 3.63) is 48.9 Å². The Morgan fingerprint density at radius 2 is 1.90 bits per heavy atom. The Bertz CT molecular complexity index is 1660. The van der Waals surface area contributed by atoms with E-state index in [1.54, 1.807) is 12.4 Å². The van der Waals surface area contributed by atoms with E-state index in [1.807, 2.05) is 24.4 Å². The standard InChI is InChI=1S/C29H31N9O/c1-37-10-12-38(13-11-37)25-8-9-31-28-21(25)15-24(34-28)27-26-23(35-36-27)7-6-22(33-26)19-14-20(17-30-16-19)32-29(39)18-4-2-3-5-18/h6-9,14-18H,2-5,10-13H2,1H3,(H,31,34)(H,32,39)(H,35,36). The molecule has 0 unspecified atom stereocenters. The third-order valence-corrected chi connectivity index (χ3v) is 8.04. The highest BCUT2D eigenvalue weighted by molar-refractivity contribution is 5.98. The molecule has 0 radical (unpaired) electrons. The van der Waals surface area contributed by atoms with E-state index < -0.39 is 0 Å². The van der Waals surface area contributed by atoms with Crippen LogP contribution in [-0.2, 0) is 4.79 Å². The normalized spacial score (nSPS) is 16.9. The number of carbonyl (C=O) groups is 1. The SMILES string of the molecule is CN1CCN(c2ccnc3[nH]c(-c4n[nH]c5ccc(-c6cncc(NC(=O)C7CCCC7)c6)nc45)cc23)CC1. The lowest BCUT2D eigenvalue weighted by Gasteiger charge is -2.34. The smallest absolute Gasteiger partial charge is 0.227 e. The van der Waals surface area contributed by atoms with Crippen LogP contribution in [0.25, 0.3) is 44.7 Å². The average molecular weight is 522 g/mol. The second kappa shape index (κ2) is 9.77. The first kappa shape index (κ1) is 23.8. The van der Waals surface area contributed by atoms with Crippen LogP contribution in [0.3, 0.4) is 0 Å². The van der Waals surface area contributed by atoms with E-state index in [1.165, 1.54) is 5.69 Å². The molecule has 7 rings (SSSR count). The lowest BCUT2D eigenvalue weighted by Crippen LogP contribution is -2.44. The van der Waals surface area contributed by atoms with Crippen molar-refractivity contribution in [2.75, 3.05) is 43.4 Å². The zero-order chi connectivity index (χ0) is 26.3. The van der Waals surface area contributed by atoms with Gasteiger partial charge in [0.2, 0.25) is 5.91 Å². The number of nitrogens with one attached hydrogen (secondary N) is 3. The predicted molar refractivity (Wildman–Crippen MR) is 153 cm³/mol. The molecule has 2 aliphatic rings. The van der Waals surface area contributed by atoms with Crippen LogP contribution in [0, 0.1) is 5.92 Å². The molecule has 1 aliphatic carbocycles. The van der Waals surface area contributed by atoms with E-state index >= 15 is 0 Å². The maximum Gasteiger partial charge on any atom is 0.227 e. The van der Waals surface area contributed by atoms with Crippen molar-refractivity contribution in [1.29, 1.82) is 0 Å². The number of likely N-dealkylation sites (N-methyl/N-ethyl adjacent to an activating group) is 1. The summed E-state index contributed by atoms with van der Waals surface area (Å²) in [5.41, 5.74) is 7.54. The van der Waals surface area contributed by atoms with E-state index in [2.05, 4.69) is 59.4 Å². The van der Waals surface area contributed by atoms with E-state index in [-0.39, 0.29) is 11.8 Å². The Labute approximate surface area is 225 Å². The highest BCUT2D eigenvalue weighted by Crippen LogP contribution is 2.33. The van der Waals surface area contributed by atoms with Gasteiger partial charge < -0.3 is 20.1 Å². The number of H-pyrrole nitrogens is 2. The summed E-state index contributed by atoms with van der Waals surface area (Å²) < 4.78 is 0. The lowest BCUT2D eigenvalue weighted by molar-refractivity contribution is -0.119. The number of amides is 1. The minimum absolute atomic E-state index is 0.0790. The van der Waals surface area contributed by atoms with Crippen molar-refractivity contribution in [3.8, 4) is 22.6 Å². The van der Waals surface area contributed by atoms with E-state index in [0.29, 0.717) is 5.69 Å². The molecule has 198 valence electrons. The van der Waals surface area contributed by atoms with Gasteiger partial charge in [0.05, 0.1) is 28.8 Å². The molecule has 5 aromatic heterocycles. The number of hydrogen-bond acceptors (Lipinski definition) is 7.